The Hall–Kier alpha value is -0.580. The van der Waals surface area contributed by atoms with E-state index in [0.29, 0.717) is 5.75 Å². The molecule has 5 heteroatoms. The van der Waals surface area contributed by atoms with Crippen LogP contribution in [-0.2, 0) is 9.84 Å². The molecule has 0 aliphatic carbocycles. The van der Waals surface area contributed by atoms with E-state index in [-0.39, 0.29) is 11.8 Å². The van der Waals surface area contributed by atoms with Gasteiger partial charge in [-0.05, 0) is 19.3 Å². The van der Waals surface area contributed by atoms with Gasteiger partial charge in [0.1, 0.15) is 0 Å². The minimum Gasteiger partial charge on any atom is -0.370 e. The predicted octanol–water partition coefficient (Wildman–Crippen LogP) is 0.736. The molecule has 15 heavy (non-hydrogen) atoms. The zero-order chi connectivity index (χ0) is 10.7. The van der Waals surface area contributed by atoms with Crippen molar-refractivity contribution < 1.29 is 8.42 Å². The summed E-state index contributed by atoms with van der Waals surface area (Å²) in [5.41, 5.74) is 0. The van der Waals surface area contributed by atoms with Gasteiger partial charge in [0.15, 0.2) is 9.84 Å². The van der Waals surface area contributed by atoms with Crippen LogP contribution in [0.3, 0.4) is 0 Å². The summed E-state index contributed by atoms with van der Waals surface area (Å²) in [5, 5.41) is 3.28. The summed E-state index contributed by atoms with van der Waals surface area (Å²) >= 11 is 0. The zero-order valence-electron chi connectivity index (χ0n) is 8.91. The van der Waals surface area contributed by atoms with Crippen molar-refractivity contribution in [1.82, 2.24) is 5.32 Å². The first-order valence-corrected chi connectivity index (χ1v) is 7.48. The molecule has 2 rings (SSSR count). The fourth-order valence-electron chi connectivity index (χ4n) is 2.14. The van der Waals surface area contributed by atoms with Crippen molar-refractivity contribution in [2.75, 3.05) is 18.1 Å². The largest absolute Gasteiger partial charge is 0.370 e. The van der Waals surface area contributed by atoms with Gasteiger partial charge in [-0.3, -0.25) is 4.99 Å². The van der Waals surface area contributed by atoms with Crippen molar-refractivity contribution in [3.8, 4) is 0 Å². The van der Waals surface area contributed by atoms with Gasteiger partial charge in [-0.15, -0.1) is 0 Å². The molecular weight excluding hydrogens is 212 g/mol. The molecule has 0 radical (unpaired) electrons. The zero-order valence-corrected chi connectivity index (χ0v) is 9.72. The van der Waals surface area contributed by atoms with Crippen molar-refractivity contribution in [1.29, 1.82) is 0 Å². The van der Waals surface area contributed by atoms with Crippen LogP contribution in [-0.4, -0.2) is 38.3 Å². The molecule has 4 nitrogen and oxygen atoms in total. The van der Waals surface area contributed by atoms with Crippen LogP contribution in [0.4, 0.5) is 0 Å². The van der Waals surface area contributed by atoms with Crippen molar-refractivity contribution in [3.63, 3.8) is 0 Å². The third-order valence-electron chi connectivity index (χ3n) is 2.98. The minimum absolute atomic E-state index is 0.104. The van der Waals surface area contributed by atoms with Gasteiger partial charge >= 0.3 is 0 Å². The van der Waals surface area contributed by atoms with Crippen LogP contribution in [0.1, 0.15) is 32.1 Å². The van der Waals surface area contributed by atoms with Crippen LogP contribution in [0.15, 0.2) is 4.99 Å². The topological polar surface area (TPSA) is 58.5 Å². The quantitative estimate of drug-likeness (QED) is 0.722. The van der Waals surface area contributed by atoms with Gasteiger partial charge < -0.3 is 5.32 Å². The van der Waals surface area contributed by atoms with Crippen LogP contribution in [0.2, 0.25) is 0 Å². The van der Waals surface area contributed by atoms with Gasteiger partial charge in [-0.1, -0.05) is 6.42 Å². The number of nitrogens with one attached hydrogen (secondary N) is 1. The molecule has 1 unspecified atom stereocenters. The Labute approximate surface area is 91.1 Å². The summed E-state index contributed by atoms with van der Waals surface area (Å²) in [5.74, 6) is 1.64. The first-order chi connectivity index (χ1) is 7.16. The lowest BCUT2D eigenvalue weighted by molar-refractivity contribution is 0.600. The first kappa shape index (κ1) is 10.9. The molecule has 0 aromatic heterocycles. The summed E-state index contributed by atoms with van der Waals surface area (Å²) in [6.07, 6.45) is 5.29. The Balaban J connectivity index is 1.89. The van der Waals surface area contributed by atoms with Crippen molar-refractivity contribution in [3.05, 3.63) is 0 Å². The van der Waals surface area contributed by atoms with E-state index in [1.165, 1.54) is 12.8 Å². The normalized spacial score (nSPS) is 30.7. The molecule has 0 aromatic rings. The smallest absolute Gasteiger partial charge is 0.152 e. The highest BCUT2D eigenvalue weighted by atomic mass is 32.2. The fraction of sp³-hybridized carbons (Fsp3) is 0.900. The molecule has 2 heterocycles. The molecule has 86 valence electrons. The van der Waals surface area contributed by atoms with Gasteiger partial charge in [0.2, 0.25) is 0 Å². The summed E-state index contributed by atoms with van der Waals surface area (Å²) in [6.45, 7) is 0.891. The van der Waals surface area contributed by atoms with E-state index in [9.17, 15) is 8.42 Å². The van der Waals surface area contributed by atoms with Gasteiger partial charge in [-0.25, -0.2) is 8.42 Å². The van der Waals surface area contributed by atoms with Crippen molar-refractivity contribution >= 4 is 15.7 Å². The minimum atomic E-state index is -2.77. The van der Waals surface area contributed by atoms with Crippen molar-refractivity contribution in [2.24, 2.45) is 4.99 Å². The second-order valence-corrected chi connectivity index (χ2v) is 6.61. The lowest BCUT2D eigenvalue weighted by atomic mass is 10.2. The molecule has 1 atom stereocenters. The number of rotatable bonds is 1. The van der Waals surface area contributed by atoms with Gasteiger partial charge in [-0.2, -0.15) is 0 Å². The maximum atomic E-state index is 11.3. The Morgan fingerprint density at radius 1 is 1.27 bits per heavy atom. The summed E-state index contributed by atoms with van der Waals surface area (Å²) in [6, 6.07) is 0.104. The van der Waals surface area contributed by atoms with E-state index < -0.39 is 9.84 Å². The average molecular weight is 230 g/mol. The maximum Gasteiger partial charge on any atom is 0.152 e. The molecule has 1 N–H and O–H groups in total. The standard InChI is InChI=1S/C10H18N2O2S/c13-15(14)7-5-9(8-15)12-10-4-2-1-3-6-11-10/h9H,1-8H2,(H,11,12). The third-order valence-corrected chi connectivity index (χ3v) is 4.75. The highest BCUT2D eigenvalue weighted by molar-refractivity contribution is 7.91. The van der Waals surface area contributed by atoms with Crippen LogP contribution >= 0.6 is 0 Å². The average Bonchev–Trinajstić information content (AvgIpc) is 2.41. The number of amidine groups is 1. The van der Waals surface area contributed by atoms with Crippen LogP contribution in [0, 0.1) is 0 Å². The Morgan fingerprint density at radius 3 is 2.87 bits per heavy atom. The first-order valence-electron chi connectivity index (χ1n) is 5.66. The summed E-state index contributed by atoms with van der Waals surface area (Å²) in [7, 11) is -2.77. The van der Waals surface area contributed by atoms with Gasteiger partial charge in [0, 0.05) is 19.0 Å². The molecule has 0 spiro atoms. The number of hydrogen-bond acceptors (Lipinski definition) is 4. The maximum absolute atomic E-state index is 11.3. The van der Waals surface area contributed by atoms with Gasteiger partial charge in [0.05, 0.1) is 17.3 Å². The number of aliphatic imine (C=N–C) groups is 1. The molecule has 0 bridgehead atoms. The van der Waals surface area contributed by atoms with Crippen LogP contribution in [0.25, 0.3) is 0 Å². The van der Waals surface area contributed by atoms with E-state index in [0.717, 1.165) is 31.6 Å². The van der Waals surface area contributed by atoms with Crippen LogP contribution < -0.4 is 5.32 Å². The Kier molecular flexibility index (Phi) is 3.29. The Bertz CT molecular complexity index is 348. The highest BCUT2D eigenvalue weighted by Crippen LogP contribution is 2.13. The Morgan fingerprint density at radius 2 is 2.13 bits per heavy atom. The number of hydrogen-bond donors (Lipinski definition) is 1. The molecular formula is C10H18N2O2S. The van der Waals surface area contributed by atoms with E-state index in [1.807, 2.05) is 0 Å². The molecule has 0 saturated carbocycles. The molecule has 1 saturated heterocycles. The SMILES string of the molecule is O=S1(=O)CCC(NC2=NCCCCC2)C1. The molecule has 1 fully saturated rings. The second kappa shape index (κ2) is 4.51. The summed E-state index contributed by atoms with van der Waals surface area (Å²) < 4.78 is 22.5. The van der Waals surface area contributed by atoms with Crippen molar-refractivity contribution in [2.45, 2.75) is 38.1 Å². The highest BCUT2D eigenvalue weighted by Gasteiger charge is 2.28. The fourth-order valence-corrected chi connectivity index (χ4v) is 3.81. The molecule has 0 aromatic carbocycles. The lowest BCUT2D eigenvalue weighted by Crippen LogP contribution is -2.35. The van der Waals surface area contributed by atoms with E-state index in [4.69, 9.17) is 0 Å². The predicted molar refractivity (Wildman–Crippen MR) is 61.0 cm³/mol. The van der Waals surface area contributed by atoms with E-state index in [2.05, 4.69) is 10.3 Å². The third kappa shape index (κ3) is 3.19. The monoisotopic (exact) mass is 230 g/mol. The number of nitrogens with zero attached hydrogens (tertiary/aromatic N) is 1. The number of sulfone groups is 1. The van der Waals surface area contributed by atoms with E-state index in [1.54, 1.807) is 0 Å². The van der Waals surface area contributed by atoms with E-state index >= 15 is 0 Å². The van der Waals surface area contributed by atoms with Crippen LogP contribution in [0.5, 0.6) is 0 Å². The summed E-state index contributed by atoms with van der Waals surface area (Å²) in [4.78, 5) is 4.45. The molecule has 2 aliphatic heterocycles. The second-order valence-electron chi connectivity index (χ2n) is 4.38. The molecule has 2 aliphatic rings. The molecule has 0 amide bonds. The lowest BCUT2D eigenvalue weighted by Gasteiger charge is -2.13. The van der Waals surface area contributed by atoms with Gasteiger partial charge in [0.25, 0.3) is 0 Å².